The molecule has 20 heavy (non-hydrogen) atoms. The lowest BCUT2D eigenvalue weighted by Crippen LogP contribution is -2.52. The zero-order chi connectivity index (χ0) is 14.6. The number of carbonyl (C=O) groups is 2. The van der Waals surface area contributed by atoms with E-state index in [1.165, 1.54) is 0 Å². The molecule has 1 N–H and O–H groups in total. The molecule has 2 heterocycles. The van der Waals surface area contributed by atoms with Crippen LogP contribution in [0.25, 0.3) is 0 Å². The van der Waals surface area contributed by atoms with Crippen LogP contribution in [0.5, 0.6) is 0 Å². The quantitative estimate of drug-likeness (QED) is 0.818. The summed E-state index contributed by atoms with van der Waals surface area (Å²) in [5.74, 6) is -0.270. The average Bonchev–Trinajstić information content (AvgIpc) is 2.97. The van der Waals surface area contributed by atoms with Crippen LogP contribution in [0.3, 0.4) is 0 Å². The molecule has 5 heteroatoms. The molecule has 1 fully saturated rings. The Bertz CT molecular complexity index is 468. The minimum absolute atomic E-state index is 0.122. The Labute approximate surface area is 124 Å². The first-order chi connectivity index (χ1) is 9.62. The summed E-state index contributed by atoms with van der Waals surface area (Å²) in [5.41, 5.74) is -0.523. The monoisotopic (exact) mass is 294 g/mol. The number of nitrogens with one attached hydrogen (secondary N) is 1. The van der Waals surface area contributed by atoms with E-state index in [-0.39, 0.29) is 11.8 Å². The Morgan fingerprint density at radius 2 is 2.10 bits per heavy atom. The summed E-state index contributed by atoms with van der Waals surface area (Å²) in [4.78, 5) is 27.3. The van der Waals surface area contributed by atoms with Gasteiger partial charge in [0.05, 0.1) is 5.41 Å². The van der Waals surface area contributed by atoms with Gasteiger partial charge in [-0.2, -0.15) is 0 Å². The van der Waals surface area contributed by atoms with E-state index in [9.17, 15) is 9.59 Å². The lowest BCUT2D eigenvalue weighted by molar-refractivity contribution is -0.138. The smallest absolute Gasteiger partial charge is 0.238 e. The van der Waals surface area contributed by atoms with Gasteiger partial charge in [0.2, 0.25) is 11.8 Å². The lowest BCUT2D eigenvalue weighted by Gasteiger charge is -2.36. The van der Waals surface area contributed by atoms with Gasteiger partial charge in [0, 0.05) is 11.3 Å². The summed E-state index contributed by atoms with van der Waals surface area (Å²) in [6.07, 6.45) is 1.83. The highest BCUT2D eigenvalue weighted by atomic mass is 32.1. The molecule has 1 aromatic rings. The standard InChI is InChI=1S/C15H22N2O2S/c1-3-17(4-2)10-9-15(12-6-5-11-20-12)8-7-13(18)16-14(15)19/h5-6,11H,3-4,7-10H2,1-2H3,(H,16,18,19)/t15-/m0/s1. The van der Waals surface area contributed by atoms with Crippen LogP contribution in [0, 0.1) is 0 Å². The van der Waals surface area contributed by atoms with Crippen molar-refractivity contribution in [3.63, 3.8) is 0 Å². The Hall–Kier alpha value is -1.20. The molecule has 1 aliphatic heterocycles. The predicted molar refractivity (Wildman–Crippen MR) is 80.8 cm³/mol. The molecule has 0 bridgehead atoms. The van der Waals surface area contributed by atoms with Crippen molar-refractivity contribution >= 4 is 23.2 Å². The molecule has 0 saturated carbocycles. The number of rotatable bonds is 6. The van der Waals surface area contributed by atoms with Crippen molar-refractivity contribution < 1.29 is 9.59 Å². The van der Waals surface area contributed by atoms with Crippen LogP contribution < -0.4 is 5.32 Å². The predicted octanol–water partition coefficient (Wildman–Crippen LogP) is 2.15. The summed E-state index contributed by atoms with van der Waals surface area (Å²) in [6.45, 7) is 7.11. The Morgan fingerprint density at radius 3 is 2.65 bits per heavy atom. The summed E-state index contributed by atoms with van der Waals surface area (Å²) in [5, 5.41) is 4.53. The number of imide groups is 1. The Balaban J connectivity index is 2.21. The van der Waals surface area contributed by atoms with Crippen LogP contribution in [-0.4, -0.2) is 36.3 Å². The Morgan fingerprint density at radius 1 is 1.35 bits per heavy atom. The summed E-state index contributed by atoms with van der Waals surface area (Å²) in [6, 6.07) is 3.99. The van der Waals surface area contributed by atoms with Gasteiger partial charge in [-0.3, -0.25) is 14.9 Å². The zero-order valence-corrected chi connectivity index (χ0v) is 13.0. The number of thiophene rings is 1. The fourth-order valence-corrected chi connectivity index (χ4v) is 3.77. The van der Waals surface area contributed by atoms with Gasteiger partial charge in [-0.15, -0.1) is 11.3 Å². The molecule has 0 unspecified atom stereocenters. The first kappa shape index (κ1) is 15.2. The van der Waals surface area contributed by atoms with E-state index < -0.39 is 5.41 Å². The molecule has 110 valence electrons. The molecule has 1 aromatic heterocycles. The third kappa shape index (κ3) is 2.94. The van der Waals surface area contributed by atoms with Crippen molar-refractivity contribution in [1.82, 2.24) is 10.2 Å². The molecule has 0 spiro atoms. The van der Waals surface area contributed by atoms with Gasteiger partial charge in [-0.05, 0) is 43.9 Å². The van der Waals surface area contributed by atoms with Crippen molar-refractivity contribution in [1.29, 1.82) is 0 Å². The molecule has 0 aromatic carbocycles. The number of nitrogens with zero attached hydrogens (tertiary/aromatic N) is 1. The first-order valence-corrected chi connectivity index (χ1v) is 8.11. The van der Waals surface area contributed by atoms with E-state index in [1.807, 2.05) is 17.5 Å². The van der Waals surface area contributed by atoms with Crippen LogP contribution in [-0.2, 0) is 15.0 Å². The molecular weight excluding hydrogens is 272 g/mol. The topological polar surface area (TPSA) is 49.4 Å². The molecule has 1 aliphatic rings. The minimum atomic E-state index is -0.523. The van der Waals surface area contributed by atoms with Gasteiger partial charge < -0.3 is 4.90 Å². The summed E-state index contributed by atoms with van der Waals surface area (Å²) >= 11 is 1.61. The van der Waals surface area contributed by atoms with E-state index in [0.717, 1.165) is 30.9 Å². The lowest BCUT2D eigenvalue weighted by atomic mass is 9.75. The maximum atomic E-state index is 12.5. The average molecular weight is 294 g/mol. The second kappa shape index (κ2) is 6.50. The van der Waals surface area contributed by atoms with E-state index in [4.69, 9.17) is 0 Å². The molecule has 2 rings (SSSR count). The highest BCUT2D eigenvalue weighted by molar-refractivity contribution is 7.10. The number of hydrogen-bond acceptors (Lipinski definition) is 4. The highest BCUT2D eigenvalue weighted by Crippen LogP contribution is 2.38. The maximum absolute atomic E-state index is 12.5. The molecule has 1 atom stereocenters. The van der Waals surface area contributed by atoms with E-state index in [0.29, 0.717) is 12.8 Å². The molecule has 0 radical (unpaired) electrons. The third-order valence-corrected chi connectivity index (χ3v) is 5.28. The normalized spacial score (nSPS) is 23.1. The SMILES string of the molecule is CCN(CC)CC[C@]1(c2cccs2)CCC(=O)NC1=O. The van der Waals surface area contributed by atoms with Crippen LogP contribution in [0.15, 0.2) is 17.5 Å². The second-order valence-corrected chi connectivity index (χ2v) is 6.16. The number of carbonyl (C=O) groups excluding carboxylic acids is 2. The van der Waals surface area contributed by atoms with Crippen molar-refractivity contribution in [2.45, 2.75) is 38.5 Å². The number of amides is 2. The fourth-order valence-electron chi connectivity index (χ4n) is 2.79. The van der Waals surface area contributed by atoms with Crippen molar-refractivity contribution in [2.24, 2.45) is 0 Å². The molecule has 1 saturated heterocycles. The largest absolute Gasteiger partial charge is 0.304 e. The maximum Gasteiger partial charge on any atom is 0.238 e. The molecule has 0 aliphatic carbocycles. The van der Waals surface area contributed by atoms with Crippen molar-refractivity contribution in [3.8, 4) is 0 Å². The van der Waals surface area contributed by atoms with Gasteiger partial charge in [0.15, 0.2) is 0 Å². The molecular formula is C15H22N2O2S. The zero-order valence-electron chi connectivity index (χ0n) is 12.1. The van der Waals surface area contributed by atoms with E-state index in [2.05, 4.69) is 24.1 Å². The highest BCUT2D eigenvalue weighted by Gasteiger charge is 2.44. The first-order valence-electron chi connectivity index (χ1n) is 7.23. The van der Waals surface area contributed by atoms with Crippen LogP contribution >= 0.6 is 11.3 Å². The molecule has 2 amide bonds. The second-order valence-electron chi connectivity index (χ2n) is 5.21. The number of piperidine rings is 1. The van der Waals surface area contributed by atoms with Crippen LogP contribution in [0.4, 0.5) is 0 Å². The number of hydrogen-bond donors (Lipinski definition) is 1. The van der Waals surface area contributed by atoms with Crippen LogP contribution in [0.2, 0.25) is 0 Å². The van der Waals surface area contributed by atoms with E-state index in [1.54, 1.807) is 11.3 Å². The van der Waals surface area contributed by atoms with Crippen molar-refractivity contribution in [3.05, 3.63) is 22.4 Å². The van der Waals surface area contributed by atoms with Gasteiger partial charge in [0.1, 0.15) is 0 Å². The van der Waals surface area contributed by atoms with Crippen molar-refractivity contribution in [2.75, 3.05) is 19.6 Å². The van der Waals surface area contributed by atoms with Crippen LogP contribution in [0.1, 0.15) is 38.0 Å². The van der Waals surface area contributed by atoms with Gasteiger partial charge in [0.25, 0.3) is 0 Å². The fraction of sp³-hybridized carbons (Fsp3) is 0.600. The summed E-state index contributed by atoms with van der Waals surface area (Å²) < 4.78 is 0. The third-order valence-electron chi connectivity index (χ3n) is 4.21. The summed E-state index contributed by atoms with van der Waals surface area (Å²) in [7, 11) is 0. The van der Waals surface area contributed by atoms with Gasteiger partial charge >= 0.3 is 0 Å². The minimum Gasteiger partial charge on any atom is -0.304 e. The van der Waals surface area contributed by atoms with Gasteiger partial charge in [-0.25, -0.2) is 0 Å². The van der Waals surface area contributed by atoms with Gasteiger partial charge in [-0.1, -0.05) is 19.9 Å². The molecule has 4 nitrogen and oxygen atoms in total. The Kier molecular flexibility index (Phi) is 4.94. The van der Waals surface area contributed by atoms with E-state index >= 15 is 0 Å².